The summed E-state index contributed by atoms with van der Waals surface area (Å²) in [5.41, 5.74) is 0. The maximum atomic E-state index is 5.12. The summed E-state index contributed by atoms with van der Waals surface area (Å²) < 4.78 is 9.88. The van der Waals surface area contributed by atoms with Gasteiger partial charge in [-0.3, -0.25) is 0 Å². The van der Waals surface area contributed by atoms with Crippen LogP contribution in [-0.2, 0) is 9.47 Å². The smallest absolute Gasteiger partial charge is 0.146 e. The van der Waals surface area contributed by atoms with Gasteiger partial charge in [-0.15, -0.1) is 0 Å². The van der Waals surface area contributed by atoms with Crippen LogP contribution in [0.4, 0.5) is 0 Å². The second kappa shape index (κ2) is 12.7. The number of unbranched alkanes of at least 4 members (excludes halogenated alkanes) is 5. The van der Waals surface area contributed by atoms with E-state index in [0.29, 0.717) is 13.4 Å². The Hall–Kier alpha value is -0.340. The molecule has 0 aliphatic heterocycles. The normalized spacial score (nSPS) is 11.3. The first-order chi connectivity index (χ1) is 6.91. The van der Waals surface area contributed by atoms with E-state index in [4.69, 9.17) is 9.47 Å². The quantitative estimate of drug-likeness (QED) is 0.305. The Kier molecular flexibility index (Phi) is 12.4. The Morgan fingerprint density at radius 3 is 2.50 bits per heavy atom. The molecule has 2 heteroatoms. The number of rotatable bonds is 10. The molecule has 0 spiro atoms. The molecule has 0 atom stereocenters. The molecule has 0 heterocycles. The molecule has 0 rings (SSSR count). The minimum absolute atomic E-state index is 0.390. The fourth-order valence-corrected chi connectivity index (χ4v) is 1.25. The van der Waals surface area contributed by atoms with Crippen molar-refractivity contribution in [1.29, 1.82) is 0 Å². The molecule has 0 aliphatic rings. The summed E-state index contributed by atoms with van der Waals surface area (Å²) in [7, 11) is 1.64. The maximum absolute atomic E-state index is 5.12. The summed E-state index contributed by atoms with van der Waals surface area (Å²) in [5, 5.41) is 0. The SMILES string of the molecule is CCCCCCC/C=C/COCOC. The first-order valence-corrected chi connectivity index (χ1v) is 5.63. The lowest BCUT2D eigenvalue weighted by atomic mass is 10.1. The molecule has 84 valence electrons. The predicted octanol–water partition coefficient (Wildman–Crippen LogP) is 3.52. The molecule has 0 radical (unpaired) electrons. The van der Waals surface area contributed by atoms with Crippen molar-refractivity contribution in [3.63, 3.8) is 0 Å². The third-order valence-corrected chi connectivity index (χ3v) is 2.06. The van der Waals surface area contributed by atoms with Crippen LogP contribution in [0.1, 0.15) is 45.4 Å². The van der Waals surface area contributed by atoms with Gasteiger partial charge < -0.3 is 9.47 Å². The number of methoxy groups -OCH3 is 1. The summed E-state index contributed by atoms with van der Waals surface area (Å²) >= 11 is 0. The van der Waals surface area contributed by atoms with Crippen molar-refractivity contribution >= 4 is 0 Å². The van der Waals surface area contributed by atoms with Crippen molar-refractivity contribution in [2.45, 2.75) is 45.4 Å². The van der Waals surface area contributed by atoms with Crippen LogP contribution in [0.2, 0.25) is 0 Å². The molecule has 0 bridgehead atoms. The summed E-state index contributed by atoms with van der Waals surface area (Å²) in [6, 6.07) is 0. The van der Waals surface area contributed by atoms with Crippen molar-refractivity contribution in [2.24, 2.45) is 0 Å². The first-order valence-electron chi connectivity index (χ1n) is 5.63. The molecule has 0 amide bonds. The summed E-state index contributed by atoms with van der Waals surface area (Å²) in [6.07, 6.45) is 12.2. The zero-order valence-corrected chi connectivity index (χ0v) is 9.63. The molecular formula is C12H24O2. The zero-order chi connectivity index (χ0) is 10.5. The van der Waals surface area contributed by atoms with E-state index in [-0.39, 0.29) is 0 Å². The van der Waals surface area contributed by atoms with E-state index in [9.17, 15) is 0 Å². The van der Waals surface area contributed by atoms with E-state index < -0.39 is 0 Å². The average Bonchev–Trinajstić information content (AvgIpc) is 2.21. The van der Waals surface area contributed by atoms with Gasteiger partial charge in [0.25, 0.3) is 0 Å². The van der Waals surface area contributed by atoms with Gasteiger partial charge in [0.2, 0.25) is 0 Å². The van der Waals surface area contributed by atoms with Crippen molar-refractivity contribution in [3.05, 3.63) is 12.2 Å². The Balaban J connectivity index is 2.96. The van der Waals surface area contributed by atoms with Gasteiger partial charge in [-0.1, -0.05) is 44.8 Å². The largest absolute Gasteiger partial charge is 0.359 e. The molecular weight excluding hydrogens is 176 g/mol. The van der Waals surface area contributed by atoms with Crippen LogP contribution in [0.25, 0.3) is 0 Å². The molecule has 0 saturated heterocycles. The van der Waals surface area contributed by atoms with E-state index >= 15 is 0 Å². The molecule has 14 heavy (non-hydrogen) atoms. The number of hydrogen-bond acceptors (Lipinski definition) is 2. The molecule has 0 saturated carbocycles. The van der Waals surface area contributed by atoms with Gasteiger partial charge in [0.05, 0.1) is 6.61 Å². The third-order valence-electron chi connectivity index (χ3n) is 2.06. The lowest BCUT2D eigenvalue weighted by Crippen LogP contribution is -1.95. The first kappa shape index (κ1) is 13.7. The molecule has 0 aromatic heterocycles. The Labute approximate surface area is 88.3 Å². The topological polar surface area (TPSA) is 18.5 Å². The van der Waals surface area contributed by atoms with E-state index in [1.807, 2.05) is 0 Å². The highest BCUT2D eigenvalue weighted by molar-refractivity contribution is 4.80. The van der Waals surface area contributed by atoms with E-state index in [2.05, 4.69) is 19.1 Å². The van der Waals surface area contributed by atoms with Crippen LogP contribution in [0, 0.1) is 0 Å². The van der Waals surface area contributed by atoms with E-state index in [1.54, 1.807) is 7.11 Å². The zero-order valence-electron chi connectivity index (χ0n) is 9.63. The fraction of sp³-hybridized carbons (Fsp3) is 0.833. The number of ether oxygens (including phenoxy) is 2. The highest BCUT2D eigenvalue weighted by Crippen LogP contribution is 2.05. The second-order valence-corrected chi connectivity index (χ2v) is 3.45. The molecule has 0 N–H and O–H groups in total. The summed E-state index contributed by atoms with van der Waals surface area (Å²) in [6.45, 7) is 3.30. The van der Waals surface area contributed by atoms with Gasteiger partial charge in [0.15, 0.2) is 0 Å². The molecule has 0 aromatic carbocycles. The van der Waals surface area contributed by atoms with Gasteiger partial charge in [0, 0.05) is 7.11 Å². The fourth-order valence-electron chi connectivity index (χ4n) is 1.25. The number of allylic oxidation sites excluding steroid dienone is 1. The van der Waals surface area contributed by atoms with Gasteiger partial charge in [-0.25, -0.2) is 0 Å². The second-order valence-electron chi connectivity index (χ2n) is 3.45. The molecule has 0 fully saturated rings. The van der Waals surface area contributed by atoms with E-state index in [1.165, 1.54) is 38.5 Å². The maximum Gasteiger partial charge on any atom is 0.146 e. The van der Waals surface area contributed by atoms with Crippen LogP contribution in [0.5, 0.6) is 0 Å². The van der Waals surface area contributed by atoms with E-state index in [0.717, 1.165) is 0 Å². The predicted molar refractivity (Wildman–Crippen MR) is 60.3 cm³/mol. The minimum atomic E-state index is 0.390. The van der Waals surface area contributed by atoms with Gasteiger partial charge in [-0.2, -0.15) is 0 Å². The van der Waals surface area contributed by atoms with Crippen molar-refractivity contribution in [3.8, 4) is 0 Å². The standard InChI is InChI=1S/C12H24O2/c1-3-4-5-6-7-8-9-10-11-14-12-13-2/h9-10H,3-8,11-12H2,1-2H3/b10-9+. The van der Waals surface area contributed by atoms with Gasteiger partial charge in [0.1, 0.15) is 6.79 Å². The Bertz CT molecular complexity index is 121. The highest BCUT2D eigenvalue weighted by atomic mass is 16.7. The van der Waals surface area contributed by atoms with Gasteiger partial charge in [-0.05, 0) is 12.8 Å². The Morgan fingerprint density at radius 2 is 1.79 bits per heavy atom. The van der Waals surface area contributed by atoms with Gasteiger partial charge >= 0.3 is 0 Å². The van der Waals surface area contributed by atoms with Crippen LogP contribution in [-0.4, -0.2) is 20.5 Å². The van der Waals surface area contributed by atoms with Crippen molar-refractivity contribution in [1.82, 2.24) is 0 Å². The van der Waals surface area contributed by atoms with Crippen LogP contribution in [0.15, 0.2) is 12.2 Å². The molecule has 2 nitrogen and oxygen atoms in total. The molecule has 0 aromatic rings. The Morgan fingerprint density at radius 1 is 1.00 bits per heavy atom. The lowest BCUT2D eigenvalue weighted by molar-refractivity contribution is -0.0186. The number of hydrogen-bond donors (Lipinski definition) is 0. The van der Waals surface area contributed by atoms with Crippen LogP contribution in [0.3, 0.4) is 0 Å². The monoisotopic (exact) mass is 200 g/mol. The average molecular weight is 200 g/mol. The highest BCUT2D eigenvalue weighted by Gasteiger charge is 1.86. The third kappa shape index (κ3) is 11.7. The van der Waals surface area contributed by atoms with Crippen molar-refractivity contribution in [2.75, 3.05) is 20.5 Å². The molecule has 0 unspecified atom stereocenters. The molecule has 0 aliphatic carbocycles. The van der Waals surface area contributed by atoms with Crippen LogP contribution < -0.4 is 0 Å². The van der Waals surface area contributed by atoms with Crippen molar-refractivity contribution < 1.29 is 9.47 Å². The minimum Gasteiger partial charge on any atom is -0.359 e. The lowest BCUT2D eigenvalue weighted by Gasteiger charge is -1.97. The van der Waals surface area contributed by atoms with Crippen LogP contribution >= 0.6 is 0 Å². The summed E-state index contributed by atoms with van der Waals surface area (Å²) in [5.74, 6) is 0. The summed E-state index contributed by atoms with van der Waals surface area (Å²) in [4.78, 5) is 0.